The van der Waals surface area contributed by atoms with Crippen molar-refractivity contribution in [1.29, 1.82) is 0 Å². The van der Waals surface area contributed by atoms with Gasteiger partial charge in [-0.1, -0.05) is 6.08 Å². The second-order valence-electron chi connectivity index (χ2n) is 3.71. The molecule has 0 spiro atoms. The van der Waals surface area contributed by atoms with Gasteiger partial charge in [-0.25, -0.2) is 0 Å². The molecule has 1 saturated carbocycles. The van der Waals surface area contributed by atoms with Gasteiger partial charge in [-0.05, 0) is 18.9 Å². The summed E-state index contributed by atoms with van der Waals surface area (Å²) in [7, 11) is 1.61. The van der Waals surface area contributed by atoms with Crippen LogP contribution in [0.4, 0.5) is 0 Å². The molecule has 1 fully saturated rings. The molecule has 0 unspecified atom stereocenters. The minimum absolute atomic E-state index is 0.188. The highest BCUT2D eigenvalue weighted by Crippen LogP contribution is 2.38. The first-order valence-electron chi connectivity index (χ1n) is 4.64. The van der Waals surface area contributed by atoms with Crippen LogP contribution in [0, 0.1) is 11.8 Å². The van der Waals surface area contributed by atoms with E-state index in [1.165, 1.54) is 0 Å². The molecule has 0 aromatic rings. The van der Waals surface area contributed by atoms with Crippen molar-refractivity contribution in [2.75, 3.05) is 13.9 Å². The fourth-order valence-electron chi connectivity index (χ4n) is 2.17. The number of rotatable bonds is 3. The molecular weight excluding hydrogens is 168 g/mol. The van der Waals surface area contributed by atoms with Crippen LogP contribution in [0.2, 0.25) is 0 Å². The first-order valence-corrected chi connectivity index (χ1v) is 4.64. The van der Waals surface area contributed by atoms with Crippen molar-refractivity contribution in [3.8, 4) is 0 Å². The molecule has 2 aliphatic rings. The maximum absolute atomic E-state index is 11.3. The molecule has 3 atom stereocenters. The number of carbonyl (C=O) groups excluding carboxylic acids is 1. The zero-order chi connectivity index (χ0) is 9.26. The summed E-state index contributed by atoms with van der Waals surface area (Å²) in [5.41, 5.74) is 0. The molecule has 0 amide bonds. The lowest BCUT2D eigenvalue weighted by molar-refractivity contribution is -0.118. The van der Waals surface area contributed by atoms with Crippen LogP contribution in [0.15, 0.2) is 12.2 Å². The molecular formula is C10H14O3. The molecule has 0 radical (unpaired) electrons. The monoisotopic (exact) mass is 182 g/mol. The molecule has 0 aromatic heterocycles. The van der Waals surface area contributed by atoms with E-state index in [0.717, 1.165) is 12.8 Å². The van der Waals surface area contributed by atoms with Gasteiger partial charge in [0.1, 0.15) is 6.79 Å². The first kappa shape index (κ1) is 8.91. The Morgan fingerprint density at radius 2 is 2.38 bits per heavy atom. The molecule has 13 heavy (non-hydrogen) atoms. The molecule has 0 aromatic carbocycles. The van der Waals surface area contributed by atoms with Crippen LogP contribution in [0.3, 0.4) is 0 Å². The Balaban J connectivity index is 1.96. The van der Waals surface area contributed by atoms with Gasteiger partial charge >= 0.3 is 0 Å². The molecule has 3 nitrogen and oxygen atoms in total. The molecule has 2 bridgehead atoms. The predicted molar refractivity (Wildman–Crippen MR) is 47.1 cm³/mol. The summed E-state index contributed by atoms with van der Waals surface area (Å²) in [6.07, 6.45) is 5.69. The van der Waals surface area contributed by atoms with Crippen LogP contribution in [0.1, 0.15) is 12.8 Å². The summed E-state index contributed by atoms with van der Waals surface area (Å²) < 4.78 is 10.3. The standard InChI is InChI=1S/C10H14O3/c1-12-6-13-10-5-8-4-7(10)2-3-9(8)11/h2-3,7-8,10H,4-6H2,1H3/t7-,8+,10+/m1/s1. The topological polar surface area (TPSA) is 35.5 Å². The number of hydrogen-bond acceptors (Lipinski definition) is 3. The van der Waals surface area contributed by atoms with Gasteiger partial charge in [0.05, 0.1) is 6.10 Å². The smallest absolute Gasteiger partial charge is 0.158 e. The Morgan fingerprint density at radius 1 is 1.54 bits per heavy atom. The first-order chi connectivity index (χ1) is 6.31. The average Bonchev–Trinajstić information content (AvgIpc) is 2.48. The van der Waals surface area contributed by atoms with Gasteiger partial charge < -0.3 is 9.47 Å². The summed E-state index contributed by atoms with van der Waals surface area (Å²) in [5, 5.41) is 0. The lowest BCUT2D eigenvalue weighted by Gasteiger charge is -2.16. The zero-order valence-electron chi connectivity index (χ0n) is 7.73. The van der Waals surface area contributed by atoms with E-state index in [1.807, 2.05) is 6.08 Å². The predicted octanol–water partition coefficient (Wildman–Crippen LogP) is 1.14. The molecule has 72 valence electrons. The number of methoxy groups -OCH3 is 1. The maximum atomic E-state index is 11.3. The van der Waals surface area contributed by atoms with Crippen LogP contribution in [0.25, 0.3) is 0 Å². The van der Waals surface area contributed by atoms with E-state index >= 15 is 0 Å². The summed E-state index contributed by atoms with van der Waals surface area (Å²) >= 11 is 0. The quantitative estimate of drug-likeness (QED) is 0.614. The number of carbonyl (C=O) groups is 1. The number of allylic oxidation sites excluding steroid dienone is 1. The van der Waals surface area contributed by atoms with Crippen molar-refractivity contribution in [2.24, 2.45) is 11.8 Å². The molecule has 3 heteroatoms. The molecule has 0 saturated heterocycles. The van der Waals surface area contributed by atoms with Gasteiger partial charge in [-0.2, -0.15) is 0 Å². The summed E-state index contributed by atoms with van der Waals surface area (Å²) in [4.78, 5) is 11.3. The SMILES string of the molecule is COCO[C@H]1C[C@@H]2C[C@H]1C=CC2=O. The van der Waals surface area contributed by atoms with Crippen LogP contribution in [-0.2, 0) is 14.3 Å². The summed E-state index contributed by atoms with van der Waals surface area (Å²) in [6, 6.07) is 0. The largest absolute Gasteiger partial charge is 0.359 e. The minimum atomic E-state index is 0.188. The van der Waals surface area contributed by atoms with E-state index < -0.39 is 0 Å². The number of fused-ring (bicyclic) bond motifs is 2. The van der Waals surface area contributed by atoms with E-state index in [1.54, 1.807) is 13.2 Å². The van der Waals surface area contributed by atoms with Crippen molar-refractivity contribution >= 4 is 5.78 Å². The fourth-order valence-corrected chi connectivity index (χ4v) is 2.17. The average molecular weight is 182 g/mol. The van der Waals surface area contributed by atoms with Crippen LogP contribution in [0.5, 0.6) is 0 Å². The highest BCUT2D eigenvalue weighted by atomic mass is 16.7. The highest BCUT2D eigenvalue weighted by molar-refractivity contribution is 5.93. The van der Waals surface area contributed by atoms with Gasteiger partial charge in [0, 0.05) is 18.9 Å². The number of ketones is 1. The van der Waals surface area contributed by atoms with Gasteiger partial charge in [0.2, 0.25) is 0 Å². The minimum Gasteiger partial charge on any atom is -0.359 e. The third-order valence-electron chi connectivity index (χ3n) is 2.86. The highest BCUT2D eigenvalue weighted by Gasteiger charge is 2.39. The second kappa shape index (κ2) is 3.60. The molecule has 0 aliphatic heterocycles. The van der Waals surface area contributed by atoms with Gasteiger partial charge in [-0.3, -0.25) is 4.79 Å². The van der Waals surface area contributed by atoms with E-state index in [9.17, 15) is 4.79 Å². The molecule has 0 N–H and O–H groups in total. The number of hydrogen-bond donors (Lipinski definition) is 0. The van der Waals surface area contributed by atoms with Crippen LogP contribution < -0.4 is 0 Å². The Kier molecular flexibility index (Phi) is 2.47. The number of ether oxygens (including phenoxy) is 2. The Morgan fingerprint density at radius 3 is 3.08 bits per heavy atom. The molecule has 2 rings (SSSR count). The lowest BCUT2D eigenvalue weighted by Crippen LogP contribution is -2.17. The van der Waals surface area contributed by atoms with E-state index in [0.29, 0.717) is 12.7 Å². The van der Waals surface area contributed by atoms with Gasteiger partial charge in [0.25, 0.3) is 0 Å². The Labute approximate surface area is 77.7 Å². The maximum Gasteiger partial charge on any atom is 0.158 e. The summed E-state index contributed by atoms with van der Waals surface area (Å²) in [5.74, 6) is 0.898. The van der Waals surface area contributed by atoms with Crippen molar-refractivity contribution in [2.45, 2.75) is 18.9 Å². The third-order valence-corrected chi connectivity index (χ3v) is 2.86. The second-order valence-corrected chi connectivity index (χ2v) is 3.71. The normalized spacial score (nSPS) is 37.0. The summed E-state index contributed by atoms with van der Waals surface area (Å²) in [6.45, 7) is 0.329. The molecule has 2 aliphatic carbocycles. The van der Waals surface area contributed by atoms with Gasteiger partial charge in [0.15, 0.2) is 5.78 Å². The van der Waals surface area contributed by atoms with E-state index in [4.69, 9.17) is 9.47 Å². The molecule has 0 heterocycles. The fraction of sp³-hybridized carbons (Fsp3) is 0.700. The van der Waals surface area contributed by atoms with Gasteiger partial charge in [-0.15, -0.1) is 0 Å². The van der Waals surface area contributed by atoms with Crippen molar-refractivity contribution in [1.82, 2.24) is 0 Å². The van der Waals surface area contributed by atoms with Crippen molar-refractivity contribution < 1.29 is 14.3 Å². The lowest BCUT2D eigenvalue weighted by atomic mass is 9.94. The van der Waals surface area contributed by atoms with E-state index in [2.05, 4.69) is 0 Å². The van der Waals surface area contributed by atoms with Crippen LogP contribution >= 0.6 is 0 Å². The Bertz CT molecular complexity index is 234. The van der Waals surface area contributed by atoms with Crippen LogP contribution in [-0.4, -0.2) is 25.8 Å². The zero-order valence-corrected chi connectivity index (χ0v) is 7.73. The van der Waals surface area contributed by atoms with Crippen molar-refractivity contribution in [3.63, 3.8) is 0 Å². The third kappa shape index (κ3) is 1.67. The Hall–Kier alpha value is -0.670. The van der Waals surface area contributed by atoms with E-state index in [-0.39, 0.29) is 17.8 Å². The van der Waals surface area contributed by atoms with Crippen molar-refractivity contribution in [3.05, 3.63) is 12.2 Å².